The van der Waals surface area contributed by atoms with E-state index in [1.165, 1.54) is 25.8 Å². The molecule has 1 fully saturated rings. The maximum Gasteiger partial charge on any atom is 0.147 e. The highest BCUT2D eigenvalue weighted by Crippen LogP contribution is 2.25. The van der Waals surface area contributed by atoms with Gasteiger partial charge in [-0.25, -0.2) is 0 Å². The Morgan fingerprint density at radius 3 is 3.18 bits per heavy atom. The lowest BCUT2D eigenvalue weighted by molar-refractivity contribution is 0.153. The second-order valence-electron chi connectivity index (χ2n) is 5.32. The summed E-state index contributed by atoms with van der Waals surface area (Å²) in [5.74, 6) is 1.11. The van der Waals surface area contributed by atoms with Crippen LogP contribution in [0.2, 0.25) is 0 Å². The van der Waals surface area contributed by atoms with E-state index >= 15 is 0 Å². The van der Waals surface area contributed by atoms with Gasteiger partial charge in [-0.3, -0.25) is 4.90 Å². The molecule has 3 heterocycles. The minimum atomic E-state index is 0.349. The molecule has 0 amide bonds. The zero-order valence-electron chi connectivity index (χ0n) is 10.5. The maximum absolute atomic E-state index is 4.18. The van der Waals surface area contributed by atoms with E-state index in [4.69, 9.17) is 0 Å². The molecule has 0 bridgehead atoms. The van der Waals surface area contributed by atoms with Crippen molar-refractivity contribution >= 4 is 0 Å². The minimum Gasteiger partial charge on any atom is -0.315 e. The van der Waals surface area contributed by atoms with Gasteiger partial charge >= 0.3 is 0 Å². The van der Waals surface area contributed by atoms with Crippen LogP contribution in [-0.2, 0) is 13.1 Å². The van der Waals surface area contributed by atoms with E-state index < -0.39 is 0 Å². The van der Waals surface area contributed by atoms with Gasteiger partial charge in [-0.05, 0) is 25.8 Å². The zero-order valence-corrected chi connectivity index (χ0v) is 10.5. The van der Waals surface area contributed by atoms with Gasteiger partial charge in [0, 0.05) is 25.2 Å². The molecule has 0 radical (unpaired) electrons. The number of rotatable bonds is 3. The first-order chi connectivity index (χ1) is 8.31. The van der Waals surface area contributed by atoms with E-state index in [0.717, 1.165) is 32.0 Å². The molecule has 2 aliphatic rings. The fourth-order valence-corrected chi connectivity index (χ4v) is 3.10. The average Bonchev–Trinajstić information content (AvgIpc) is 2.97. The predicted octanol–water partition coefficient (Wildman–Crippen LogP) is 0.626. The summed E-state index contributed by atoms with van der Waals surface area (Å²) in [4.78, 5) is 2.52. The molecule has 1 saturated heterocycles. The van der Waals surface area contributed by atoms with Crippen molar-refractivity contribution in [3.8, 4) is 0 Å². The van der Waals surface area contributed by atoms with Crippen molar-refractivity contribution < 1.29 is 0 Å². The Balaban J connectivity index is 1.67. The first-order valence-electron chi connectivity index (χ1n) is 6.65. The highest BCUT2D eigenvalue weighted by atomic mass is 15.3. The molecule has 1 N–H and O–H groups in total. The first-order valence-corrected chi connectivity index (χ1v) is 6.65. The summed E-state index contributed by atoms with van der Waals surface area (Å²) in [5, 5.41) is 11.9. The average molecular weight is 235 g/mol. The van der Waals surface area contributed by atoms with E-state index in [9.17, 15) is 0 Å². The third-order valence-corrected chi connectivity index (χ3v) is 4.25. The lowest BCUT2D eigenvalue weighted by Crippen LogP contribution is -2.51. The van der Waals surface area contributed by atoms with Crippen molar-refractivity contribution in [1.82, 2.24) is 25.0 Å². The monoisotopic (exact) mass is 235 g/mol. The molecule has 1 aromatic heterocycles. The van der Waals surface area contributed by atoms with Crippen LogP contribution in [0, 0.1) is 0 Å². The molecule has 2 aliphatic heterocycles. The molecule has 94 valence electrons. The van der Waals surface area contributed by atoms with E-state index in [2.05, 4.69) is 31.9 Å². The van der Waals surface area contributed by atoms with E-state index in [-0.39, 0.29) is 0 Å². The molecule has 0 spiro atoms. The van der Waals surface area contributed by atoms with Crippen molar-refractivity contribution in [2.24, 2.45) is 0 Å². The topological polar surface area (TPSA) is 46.0 Å². The number of hydrogen-bond acceptors (Lipinski definition) is 4. The van der Waals surface area contributed by atoms with Crippen LogP contribution in [0.3, 0.4) is 0 Å². The molecule has 3 rings (SSSR count). The molecular formula is C12H21N5. The third kappa shape index (κ3) is 2.09. The number of fused-ring (bicyclic) bond motifs is 1. The van der Waals surface area contributed by atoms with Crippen LogP contribution in [0.5, 0.6) is 0 Å². The fraction of sp³-hybridized carbons (Fsp3) is 0.833. The van der Waals surface area contributed by atoms with Gasteiger partial charge in [0.15, 0.2) is 0 Å². The van der Waals surface area contributed by atoms with Gasteiger partial charge in [0.05, 0.1) is 6.54 Å². The summed E-state index contributed by atoms with van der Waals surface area (Å²) in [7, 11) is 0. The molecule has 1 aromatic rings. The normalized spacial score (nSPS) is 29.5. The van der Waals surface area contributed by atoms with Gasteiger partial charge in [0.25, 0.3) is 0 Å². The summed E-state index contributed by atoms with van der Waals surface area (Å²) < 4.78 is 2.16. The van der Waals surface area contributed by atoms with Crippen molar-refractivity contribution in [2.75, 3.05) is 19.6 Å². The highest BCUT2D eigenvalue weighted by molar-refractivity contribution is 4.97. The second-order valence-corrected chi connectivity index (χ2v) is 5.32. The molecule has 5 heteroatoms. The summed E-state index contributed by atoms with van der Waals surface area (Å²) in [6, 6.07) is 0. The SMILES string of the molecule is CCC1(CN2CCn3cnnc3C2)CCCN1. The van der Waals surface area contributed by atoms with Crippen LogP contribution >= 0.6 is 0 Å². The Bertz CT molecular complexity index is 380. The smallest absolute Gasteiger partial charge is 0.147 e. The van der Waals surface area contributed by atoms with Gasteiger partial charge < -0.3 is 9.88 Å². The molecule has 1 atom stereocenters. The minimum absolute atomic E-state index is 0.349. The van der Waals surface area contributed by atoms with Crippen LogP contribution in [0.25, 0.3) is 0 Å². The zero-order chi connectivity index (χ0) is 11.7. The van der Waals surface area contributed by atoms with Crippen LogP contribution in [0.15, 0.2) is 6.33 Å². The summed E-state index contributed by atoms with van der Waals surface area (Å²) >= 11 is 0. The Morgan fingerprint density at radius 2 is 2.41 bits per heavy atom. The lowest BCUT2D eigenvalue weighted by Gasteiger charge is -2.36. The molecule has 1 unspecified atom stereocenters. The van der Waals surface area contributed by atoms with Crippen molar-refractivity contribution in [1.29, 1.82) is 0 Å². The first kappa shape index (κ1) is 11.2. The van der Waals surface area contributed by atoms with Gasteiger partial charge in [0.2, 0.25) is 0 Å². The summed E-state index contributed by atoms with van der Waals surface area (Å²) in [5.41, 5.74) is 0.349. The molecule has 0 aliphatic carbocycles. The predicted molar refractivity (Wildman–Crippen MR) is 65.6 cm³/mol. The molecule has 17 heavy (non-hydrogen) atoms. The number of hydrogen-bond donors (Lipinski definition) is 1. The van der Waals surface area contributed by atoms with Crippen molar-refractivity contribution in [2.45, 2.75) is 44.8 Å². The largest absolute Gasteiger partial charge is 0.315 e. The molecule has 5 nitrogen and oxygen atoms in total. The number of aromatic nitrogens is 3. The number of nitrogens with zero attached hydrogens (tertiary/aromatic N) is 4. The van der Waals surface area contributed by atoms with Gasteiger partial charge in [-0.15, -0.1) is 10.2 Å². The van der Waals surface area contributed by atoms with E-state index in [1.54, 1.807) is 0 Å². The van der Waals surface area contributed by atoms with Crippen LogP contribution in [-0.4, -0.2) is 44.8 Å². The van der Waals surface area contributed by atoms with Gasteiger partial charge in [-0.2, -0.15) is 0 Å². The quantitative estimate of drug-likeness (QED) is 0.834. The molecular weight excluding hydrogens is 214 g/mol. The van der Waals surface area contributed by atoms with Gasteiger partial charge in [-0.1, -0.05) is 6.92 Å². The number of nitrogens with one attached hydrogen (secondary N) is 1. The summed E-state index contributed by atoms with van der Waals surface area (Å²) in [6.45, 7) is 7.72. The second kappa shape index (κ2) is 4.38. The van der Waals surface area contributed by atoms with Crippen molar-refractivity contribution in [3.05, 3.63) is 12.2 Å². The van der Waals surface area contributed by atoms with E-state index in [1.807, 2.05) is 6.33 Å². The van der Waals surface area contributed by atoms with Crippen LogP contribution < -0.4 is 5.32 Å². The van der Waals surface area contributed by atoms with Crippen LogP contribution in [0.1, 0.15) is 32.0 Å². The summed E-state index contributed by atoms with van der Waals surface area (Å²) in [6.07, 6.45) is 5.69. The highest BCUT2D eigenvalue weighted by Gasteiger charge is 2.34. The Hall–Kier alpha value is -0.940. The Kier molecular flexibility index (Phi) is 2.88. The fourth-order valence-electron chi connectivity index (χ4n) is 3.10. The third-order valence-electron chi connectivity index (χ3n) is 4.25. The maximum atomic E-state index is 4.18. The Morgan fingerprint density at radius 1 is 1.47 bits per heavy atom. The van der Waals surface area contributed by atoms with Gasteiger partial charge in [0.1, 0.15) is 12.2 Å². The Labute approximate surface area is 102 Å². The van der Waals surface area contributed by atoms with Crippen molar-refractivity contribution in [3.63, 3.8) is 0 Å². The standard InChI is InChI=1S/C12H21N5/c1-2-12(4-3-5-13-12)9-16-6-7-17-10-14-15-11(17)8-16/h10,13H,2-9H2,1H3. The lowest BCUT2D eigenvalue weighted by atomic mass is 9.93. The van der Waals surface area contributed by atoms with Crippen LogP contribution in [0.4, 0.5) is 0 Å². The molecule has 0 saturated carbocycles. The molecule has 0 aromatic carbocycles. The van der Waals surface area contributed by atoms with E-state index in [0.29, 0.717) is 5.54 Å².